The molecule has 0 radical (unpaired) electrons. The van der Waals surface area contributed by atoms with E-state index in [0.29, 0.717) is 23.5 Å². The zero-order valence-electron chi connectivity index (χ0n) is 20.0. The lowest BCUT2D eigenvalue weighted by molar-refractivity contribution is 0.0782. The van der Waals surface area contributed by atoms with E-state index in [4.69, 9.17) is 9.72 Å². The number of carbonyl (C=O) groups excluding carboxylic acids is 1. The molecule has 3 aliphatic rings. The molecule has 2 aliphatic carbocycles. The Labute approximate surface area is 199 Å². The number of rotatable bonds is 5. The smallest absolute Gasteiger partial charge is 0.257 e. The van der Waals surface area contributed by atoms with Crippen LogP contribution in [-0.4, -0.2) is 75.8 Å². The lowest BCUT2D eigenvalue weighted by Crippen LogP contribution is -2.34. The van der Waals surface area contributed by atoms with E-state index in [0.717, 1.165) is 73.5 Å². The van der Waals surface area contributed by atoms with Crippen LogP contribution in [0.25, 0.3) is 17.2 Å². The maximum absolute atomic E-state index is 13.5. The number of hydrogen-bond acceptors (Lipinski definition) is 6. The topological polar surface area (TPSA) is 76.4 Å². The maximum Gasteiger partial charge on any atom is 0.257 e. The molecule has 3 aromatic rings. The number of carbonyl (C=O) groups is 1. The third kappa shape index (κ3) is 3.57. The minimum atomic E-state index is 0.0746. The molecular weight excluding hydrogens is 428 g/mol. The molecule has 3 heterocycles. The van der Waals surface area contributed by atoms with Crippen LogP contribution in [0.15, 0.2) is 30.6 Å². The summed E-state index contributed by atoms with van der Waals surface area (Å²) in [6.07, 6.45) is 8.65. The molecule has 34 heavy (non-hydrogen) atoms. The number of fused-ring (bicyclic) bond motifs is 3. The van der Waals surface area contributed by atoms with Crippen LogP contribution in [0.1, 0.15) is 52.4 Å². The second-order valence-corrected chi connectivity index (χ2v) is 9.85. The molecular formula is C26H30N6O2. The Morgan fingerprint density at radius 3 is 2.68 bits per heavy atom. The summed E-state index contributed by atoms with van der Waals surface area (Å²) in [6, 6.07) is 6.58. The summed E-state index contributed by atoms with van der Waals surface area (Å²) >= 11 is 0. The second-order valence-electron chi connectivity index (χ2n) is 9.85. The van der Waals surface area contributed by atoms with Crippen LogP contribution in [0.5, 0.6) is 5.75 Å². The highest BCUT2D eigenvalue weighted by Crippen LogP contribution is 2.43. The lowest BCUT2D eigenvalue weighted by atomic mass is 9.90. The molecule has 1 saturated heterocycles. The minimum absolute atomic E-state index is 0.0746. The Hall–Kier alpha value is -3.26. The van der Waals surface area contributed by atoms with Gasteiger partial charge in [0.25, 0.3) is 11.9 Å². The highest BCUT2D eigenvalue weighted by atomic mass is 16.5. The van der Waals surface area contributed by atoms with E-state index in [1.165, 1.54) is 5.56 Å². The first-order chi connectivity index (χ1) is 16.5. The predicted octanol–water partition coefficient (Wildman–Crippen LogP) is 3.09. The number of likely N-dealkylation sites (N-methyl/N-ethyl adjacent to an activating group) is 1. The molecule has 0 bridgehead atoms. The van der Waals surface area contributed by atoms with Crippen LogP contribution in [0.3, 0.4) is 0 Å². The molecule has 0 N–H and O–H groups in total. The van der Waals surface area contributed by atoms with Gasteiger partial charge >= 0.3 is 0 Å². The Bertz CT molecular complexity index is 1260. The van der Waals surface area contributed by atoms with Crippen molar-refractivity contribution in [1.29, 1.82) is 0 Å². The Morgan fingerprint density at radius 2 is 1.94 bits per heavy atom. The van der Waals surface area contributed by atoms with Crippen LogP contribution in [0.4, 0.5) is 0 Å². The number of benzene rings is 1. The monoisotopic (exact) mass is 458 g/mol. The first-order valence-corrected chi connectivity index (χ1v) is 12.1. The number of amides is 1. The average molecular weight is 459 g/mol. The fourth-order valence-corrected chi connectivity index (χ4v) is 5.26. The van der Waals surface area contributed by atoms with Crippen molar-refractivity contribution < 1.29 is 9.53 Å². The van der Waals surface area contributed by atoms with Crippen LogP contribution < -0.4 is 4.74 Å². The van der Waals surface area contributed by atoms with Crippen LogP contribution in [0, 0.1) is 0 Å². The van der Waals surface area contributed by atoms with E-state index in [9.17, 15) is 4.79 Å². The molecule has 2 aromatic heterocycles. The lowest BCUT2D eigenvalue weighted by Gasteiger charge is -2.21. The van der Waals surface area contributed by atoms with Gasteiger partial charge in [-0.05, 0) is 69.5 Å². The van der Waals surface area contributed by atoms with Crippen molar-refractivity contribution in [2.24, 2.45) is 0 Å². The molecule has 1 aliphatic heterocycles. The highest BCUT2D eigenvalue weighted by molar-refractivity contribution is 5.95. The summed E-state index contributed by atoms with van der Waals surface area (Å²) in [5.41, 5.74) is 6.08. The molecule has 8 heteroatoms. The number of methoxy groups -OCH3 is 1. The number of ether oxygens (including phenoxy) is 1. The van der Waals surface area contributed by atoms with Crippen molar-refractivity contribution in [3.8, 4) is 23.0 Å². The average Bonchev–Trinajstić information content (AvgIpc) is 3.40. The van der Waals surface area contributed by atoms with Gasteiger partial charge in [-0.25, -0.2) is 14.6 Å². The van der Waals surface area contributed by atoms with Gasteiger partial charge in [0.15, 0.2) is 0 Å². The van der Waals surface area contributed by atoms with Crippen molar-refractivity contribution in [2.75, 3.05) is 34.3 Å². The van der Waals surface area contributed by atoms with Crippen LogP contribution >= 0.6 is 0 Å². The largest absolute Gasteiger partial charge is 0.497 e. The summed E-state index contributed by atoms with van der Waals surface area (Å²) in [4.78, 5) is 27.3. The molecule has 1 atom stereocenters. The SMILES string of the molecule is COc1ccc2c(c1)-c1nc(-n3ncc(C(=O)N4CC[C@@H](N(C)C)C4)c3C3CC3)ncc1CC2. The second kappa shape index (κ2) is 8.20. The molecule has 1 aromatic carbocycles. The van der Waals surface area contributed by atoms with Crippen molar-refractivity contribution in [3.05, 3.63) is 53.0 Å². The van der Waals surface area contributed by atoms with E-state index < -0.39 is 0 Å². The standard InChI is InChI=1S/C26H30N6O2/c1-30(2)19-10-11-31(15-19)25(33)22-14-28-32(24(22)17-5-6-17)26-27-13-18-7-4-16-8-9-20(34-3)12-21(16)23(18)29-26/h8-9,12-14,17,19H,4-7,10-11,15H2,1-3H3/t19-/m1/s1. The summed E-state index contributed by atoms with van der Waals surface area (Å²) in [6.45, 7) is 1.54. The third-order valence-corrected chi connectivity index (χ3v) is 7.46. The van der Waals surface area contributed by atoms with E-state index in [2.05, 4.69) is 41.2 Å². The van der Waals surface area contributed by atoms with Gasteiger partial charge in [0.1, 0.15) is 5.75 Å². The molecule has 176 valence electrons. The van der Waals surface area contributed by atoms with E-state index in [-0.39, 0.29) is 5.91 Å². The predicted molar refractivity (Wildman–Crippen MR) is 129 cm³/mol. The molecule has 8 nitrogen and oxygen atoms in total. The fraction of sp³-hybridized carbons (Fsp3) is 0.462. The van der Waals surface area contributed by atoms with Gasteiger partial charge in [-0.15, -0.1) is 0 Å². The van der Waals surface area contributed by atoms with Crippen molar-refractivity contribution in [1.82, 2.24) is 29.5 Å². The van der Waals surface area contributed by atoms with Gasteiger partial charge in [-0.1, -0.05) is 6.07 Å². The maximum atomic E-state index is 13.5. The third-order valence-electron chi connectivity index (χ3n) is 7.46. The van der Waals surface area contributed by atoms with Gasteiger partial charge in [0.05, 0.1) is 30.3 Å². The fourth-order valence-electron chi connectivity index (χ4n) is 5.26. The Balaban J connectivity index is 1.38. The molecule has 2 fully saturated rings. The first kappa shape index (κ1) is 21.3. The quantitative estimate of drug-likeness (QED) is 0.585. The number of likely N-dealkylation sites (tertiary alicyclic amines) is 1. The van der Waals surface area contributed by atoms with Crippen LogP contribution in [0.2, 0.25) is 0 Å². The van der Waals surface area contributed by atoms with E-state index >= 15 is 0 Å². The molecule has 1 saturated carbocycles. The van der Waals surface area contributed by atoms with Crippen molar-refractivity contribution in [2.45, 2.75) is 44.1 Å². The number of aryl methyl sites for hydroxylation is 2. The summed E-state index contributed by atoms with van der Waals surface area (Å²) < 4.78 is 7.27. The van der Waals surface area contributed by atoms with Crippen molar-refractivity contribution >= 4 is 5.91 Å². The van der Waals surface area contributed by atoms with E-state index in [1.54, 1.807) is 18.0 Å². The van der Waals surface area contributed by atoms with Gasteiger partial charge in [-0.3, -0.25) is 4.79 Å². The zero-order valence-corrected chi connectivity index (χ0v) is 20.0. The normalized spacial score (nSPS) is 19.3. The molecule has 1 amide bonds. The van der Waals surface area contributed by atoms with Gasteiger partial charge in [0.2, 0.25) is 0 Å². The van der Waals surface area contributed by atoms with Crippen LogP contribution in [-0.2, 0) is 12.8 Å². The first-order valence-electron chi connectivity index (χ1n) is 12.1. The number of hydrogen-bond donors (Lipinski definition) is 0. The summed E-state index contributed by atoms with van der Waals surface area (Å²) in [5.74, 6) is 1.76. The summed E-state index contributed by atoms with van der Waals surface area (Å²) in [7, 11) is 5.84. The minimum Gasteiger partial charge on any atom is -0.497 e. The summed E-state index contributed by atoms with van der Waals surface area (Å²) in [5, 5.41) is 4.64. The van der Waals surface area contributed by atoms with Gasteiger partial charge in [0, 0.05) is 36.8 Å². The molecule has 6 rings (SSSR count). The molecule has 0 spiro atoms. The van der Waals surface area contributed by atoms with Crippen molar-refractivity contribution in [3.63, 3.8) is 0 Å². The number of nitrogens with zero attached hydrogens (tertiary/aromatic N) is 6. The number of aromatic nitrogens is 4. The van der Waals surface area contributed by atoms with E-state index in [1.807, 2.05) is 17.2 Å². The molecule has 0 unspecified atom stereocenters. The highest BCUT2D eigenvalue weighted by Gasteiger charge is 2.37. The Morgan fingerprint density at radius 1 is 1.12 bits per heavy atom. The zero-order chi connectivity index (χ0) is 23.4. The van der Waals surface area contributed by atoms with Gasteiger partial charge in [-0.2, -0.15) is 5.10 Å². The Kier molecular flexibility index (Phi) is 5.13. The van der Waals surface area contributed by atoms with Gasteiger partial charge < -0.3 is 14.5 Å².